The van der Waals surface area contributed by atoms with E-state index in [0.29, 0.717) is 0 Å². The summed E-state index contributed by atoms with van der Waals surface area (Å²) in [5.41, 5.74) is 2.28. The fourth-order valence-electron chi connectivity index (χ4n) is 1.34. The molecule has 0 aliphatic carbocycles. The van der Waals surface area contributed by atoms with Crippen molar-refractivity contribution in [2.75, 3.05) is 0 Å². The molecule has 1 rings (SSSR count). The van der Waals surface area contributed by atoms with Gasteiger partial charge in [0.2, 0.25) is 0 Å². The summed E-state index contributed by atoms with van der Waals surface area (Å²) in [6.45, 7) is 7.29. The van der Waals surface area contributed by atoms with Crippen LogP contribution in [0, 0.1) is 13.0 Å². The Labute approximate surface area is 130 Å². The molecule has 0 N–H and O–H groups in total. The maximum atomic E-state index is 4.34. The molecule has 0 aliphatic heterocycles. The summed E-state index contributed by atoms with van der Waals surface area (Å²) in [5.74, 6) is 0. The molecule has 0 amide bonds. The minimum absolute atomic E-state index is 0. The molecule has 13 heavy (non-hydrogen) atoms. The molecule has 0 saturated carbocycles. The second-order valence-electron chi connectivity index (χ2n) is 3.08. The second kappa shape index (κ2) is 7.33. The van der Waals surface area contributed by atoms with Crippen molar-refractivity contribution in [1.29, 1.82) is 0 Å². The molecule has 0 aliphatic rings. The van der Waals surface area contributed by atoms with Gasteiger partial charge in [0.25, 0.3) is 0 Å². The van der Waals surface area contributed by atoms with Gasteiger partial charge in [0.15, 0.2) is 0 Å². The third-order valence-electron chi connectivity index (χ3n) is 1.97. The maximum Gasteiger partial charge on any atom is 1.00 e. The molecule has 1 aromatic rings. The molecule has 1 heterocycles. The van der Waals surface area contributed by atoms with Crippen LogP contribution in [-0.2, 0) is 13.0 Å². The summed E-state index contributed by atoms with van der Waals surface area (Å²) in [7, 11) is 0. The van der Waals surface area contributed by atoms with Crippen LogP contribution in [0.1, 0.15) is 38.1 Å². The van der Waals surface area contributed by atoms with Crippen LogP contribution in [0.3, 0.4) is 0 Å². The van der Waals surface area contributed by atoms with E-state index in [-0.39, 0.29) is 58.2 Å². The van der Waals surface area contributed by atoms with E-state index in [0.717, 1.165) is 18.7 Å². The predicted molar refractivity (Wildman–Crippen MR) is 50.1 cm³/mol. The summed E-state index contributed by atoms with van der Waals surface area (Å²) >= 11 is 0. The molecule has 0 bridgehead atoms. The van der Waals surface area contributed by atoms with Crippen molar-refractivity contribution in [3.8, 4) is 0 Å². The number of rotatable bonds is 4. The Morgan fingerprint density at radius 1 is 1.38 bits per heavy atom. The van der Waals surface area contributed by atoms with Crippen LogP contribution < -0.4 is 58.2 Å². The van der Waals surface area contributed by atoms with Gasteiger partial charge in [-0.15, -0.1) is 11.4 Å². The summed E-state index contributed by atoms with van der Waals surface area (Å²) in [6.07, 6.45) is 3.59. The van der Waals surface area contributed by atoms with E-state index in [1.807, 2.05) is 11.6 Å². The van der Waals surface area contributed by atoms with E-state index in [1.165, 1.54) is 18.5 Å². The molecule has 2 nitrogen and oxygen atoms in total. The van der Waals surface area contributed by atoms with Crippen LogP contribution in [0.4, 0.5) is 0 Å². The van der Waals surface area contributed by atoms with Gasteiger partial charge in [-0.05, 0) is 13.3 Å². The molecule has 0 atom stereocenters. The van der Waals surface area contributed by atoms with Crippen LogP contribution in [0.5, 0.6) is 0 Å². The Kier molecular flexibility index (Phi) is 7.90. The fraction of sp³-hybridized carbons (Fsp3) is 0.700. The van der Waals surface area contributed by atoms with Crippen LogP contribution in [0.2, 0.25) is 0 Å². The van der Waals surface area contributed by atoms with Gasteiger partial charge in [-0.2, -0.15) is 0 Å². The van der Waals surface area contributed by atoms with Crippen LogP contribution >= 0.6 is 0 Å². The SMILES string of the molecule is CCCCc1[c-]c(C)nn1CC.[Rb+]. The van der Waals surface area contributed by atoms with E-state index >= 15 is 0 Å². The average molecular weight is 251 g/mol. The topological polar surface area (TPSA) is 17.8 Å². The number of hydrogen-bond donors (Lipinski definition) is 0. The zero-order chi connectivity index (χ0) is 8.97. The van der Waals surface area contributed by atoms with E-state index in [9.17, 15) is 0 Å². The van der Waals surface area contributed by atoms with Gasteiger partial charge in [0.1, 0.15) is 0 Å². The molecule has 3 heteroatoms. The summed E-state index contributed by atoms with van der Waals surface area (Å²) < 4.78 is 2.05. The minimum Gasteiger partial charge on any atom is -0.426 e. The van der Waals surface area contributed by atoms with Gasteiger partial charge < -0.3 is 10.7 Å². The first-order chi connectivity index (χ1) is 5.77. The molecule has 68 valence electrons. The molecule has 0 radical (unpaired) electrons. The minimum atomic E-state index is 0. The van der Waals surface area contributed by atoms with Gasteiger partial charge in [-0.25, -0.2) is 5.10 Å². The summed E-state index contributed by atoms with van der Waals surface area (Å²) in [5, 5.41) is 4.34. The van der Waals surface area contributed by atoms with Gasteiger partial charge >= 0.3 is 58.2 Å². The summed E-state index contributed by atoms with van der Waals surface area (Å²) in [4.78, 5) is 0. The Balaban J connectivity index is 0.00000144. The monoisotopic (exact) mass is 250 g/mol. The first-order valence-electron chi connectivity index (χ1n) is 4.73. The molecule has 0 fully saturated rings. The van der Waals surface area contributed by atoms with E-state index in [2.05, 4.69) is 25.0 Å². The van der Waals surface area contributed by atoms with E-state index in [1.54, 1.807) is 0 Å². The number of aryl methyl sites for hydroxylation is 3. The molecular formula is C10H17N2Rb. The molecule has 0 unspecified atom stereocenters. The number of hydrogen-bond acceptors (Lipinski definition) is 1. The third-order valence-corrected chi connectivity index (χ3v) is 1.97. The van der Waals surface area contributed by atoms with Crippen LogP contribution in [0.25, 0.3) is 0 Å². The second-order valence-corrected chi connectivity index (χ2v) is 3.08. The normalized spacial score (nSPS) is 9.77. The molecule has 0 aromatic carbocycles. The van der Waals surface area contributed by atoms with Gasteiger partial charge in [0, 0.05) is 6.54 Å². The Morgan fingerprint density at radius 2 is 2.08 bits per heavy atom. The molecular weight excluding hydrogens is 234 g/mol. The number of unbranched alkanes of at least 4 members (excludes halogenated alkanes) is 1. The van der Waals surface area contributed by atoms with Crippen LogP contribution in [-0.4, -0.2) is 9.78 Å². The van der Waals surface area contributed by atoms with Gasteiger partial charge in [0.05, 0.1) is 0 Å². The van der Waals surface area contributed by atoms with Crippen molar-refractivity contribution in [3.05, 3.63) is 17.5 Å². The van der Waals surface area contributed by atoms with Crippen LogP contribution in [0.15, 0.2) is 0 Å². The van der Waals surface area contributed by atoms with Crippen molar-refractivity contribution in [2.45, 2.75) is 46.6 Å². The first-order valence-corrected chi connectivity index (χ1v) is 4.73. The van der Waals surface area contributed by atoms with Crippen molar-refractivity contribution < 1.29 is 58.2 Å². The van der Waals surface area contributed by atoms with Crippen molar-refractivity contribution >= 4 is 0 Å². The first kappa shape index (κ1) is 14.0. The van der Waals surface area contributed by atoms with Crippen molar-refractivity contribution in [3.63, 3.8) is 0 Å². The predicted octanol–water partition coefficient (Wildman–Crippen LogP) is -0.642. The average Bonchev–Trinajstić information content (AvgIpc) is 2.42. The Bertz CT molecular complexity index is 243. The molecule has 1 aromatic heterocycles. The molecule has 0 saturated heterocycles. The fourth-order valence-corrected chi connectivity index (χ4v) is 1.34. The van der Waals surface area contributed by atoms with Gasteiger partial charge in [-0.1, -0.05) is 26.7 Å². The van der Waals surface area contributed by atoms with Crippen molar-refractivity contribution in [2.24, 2.45) is 0 Å². The smallest absolute Gasteiger partial charge is 0.426 e. The summed E-state index contributed by atoms with van der Waals surface area (Å²) in [6, 6.07) is 3.28. The third kappa shape index (κ3) is 4.37. The van der Waals surface area contributed by atoms with Gasteiger partial charge in [-0.3, -0.25) is 0 Å². The Morgan fingerprint density at radius 3 is 2.62 bits per heavy atom. The quantitative estimate of drug-likeness (QED) is 0.650. The largest absolute Gasteiger partial charge is 1.00 e. The molecule has 0 spiro atoms. The maximum absolute atomic E-state index is 4.34. The number of nitrogens with zero attached hydrogens (tertiary/aromatic N) is 2. The van der Waals surface area contributed by atoms with E-state index < -0.39 is 0 Å². The standard InChI is InChI=1S/C10H17N2.Rb/c1-4-6-7-10-8-9(3)11-12(10)5-2;/h4-7H2,1-3H3;/q-1;+1. The number of aromatic nitrogens is 2. The zero-order valence-electron chi connectivity index (χ0n) is 9.22. The zero-order valence-corrected chi connectivity index (χ0v) is 14.1. The van der Waals surface area contributed by atoms with E-state index in [4.69, 9.17) is 0 Å². The Hall–Kier alpha value is 1.02. The van der Waals surface area contributed by atoms with Crippen molar-refractivity contribution in [1.82, 2.24) is 9.78 Å².